The molecule has 0 N–H and O–H groups in total. The molecule has 1 amide bonds. The van der Waals surface area contributed by atoms with Crippen molar-refractivity contribution < 1.29 is 4.79 Å². The summed E-state index contributed by atoms with van der Waals surface area (Å²) in [5, 5.41) is 1.91. The van der Waals surface area contributed by atoms with E-state index in [1.807, 2.05) is 16.3 Å². The van der Waals surface area contributed by atoms with Crippen LogP contribution in [0.3, 0.4) is 0 Å². The number of thiophene rings is 1. The van der Waals surface area contributed by atoms with E-state index >= 15 is 0 Å². The van der Waals surface area contributed by atoms with Crippen LogP contribution in [0.5, 0.6) is 0 Å². The van der Waals surface area contributed by atoms with Crippen LogP contribution in [0.1, 0.15) is 36.4 Å². The van der Waals surface area contributed by atoms with Crippen LogP contribution in [-0.2, 0) is 0 Å². The van der Waals surface area contributed by atoms with Gasteiger partial charge in [0, 0.05) is 23.4 Å². The third-order valence-corrected chi connectivity index (χ3v) is 4.92. The summed E-state index contributed by atoms with van der Waals surface area (Å²) in [6, 6.07) is 1.87. The van der Waals surface area contributed by atoms with E-state index in [4.69, 9.17) is 0 Å². The van der Waals surface area contributed by atoms with Gasteiger partial charge < -0.3 is 4.90 Å². The summed E-state index contributed by atoms with van der Waals surface area (Å²) in [5.41, 5.74) is 0. The van der Waals surface area contributed by atoms with Crippen molar-refractivity contribution in [1.29, 1.82) is 0 Å². The van der Waals surface area contributed by atoms with Gasteiger partial charge in [-0.15, -0.1) is 24.0 Å². The molecule has 1 fully saturated rings. The molecule has 2 nitrogen and oxygen atoms in total. The van der Waals surface area contributed by atoms with Crippen molar-refractivity contribution in [3.8, 4) is 0 Å². The molecule has 0 aromatic carbocycles. The predicted molar refractivity (Wildman–Crippen MR) is 75.0 cm³/mol. The van der Waals surface area contributed by atoms with E-state index in [9.17, 15) is 4.79 Å². The fourth-order valence-corrected chi connectivity index (χ4v) is 3.48. The van der Waals surface area contributed by atoms with Crippen LogP contribution in [0.2, 0.25) is 0 Å². The number of thiol groups is 1. The minimum absolute atomic E-state index is 0.178. The molecule has 0 aliphatic carbocycles. The third kappa shape index (κ3) is 3.05. The van der Waals surface area contributed by atoms with E-state index in [-0.39, 0.29) is 5.91 Å². The molecule has 1 aromatic heterocycles. The lowest BCUT2D eigenvalue weighted by Crippen LogP contribution is -2.39. The van der Waals surface area contributed by atoms with E-state index in [1.54, 1.807) is 0 Å². The Hall–Kier alpha value is -0.480. The molecule has 1 saturated heterocycles. The molecular weight excluding hydrogens is 250 g/mol. The van der Waals surface area contributed by atoms with Gasteiger partial charge in [-0.2, -0.15) is 0 Å². The quantitative estimate of drug-likeness (QED) is 0.814. The van der Waals surface area contributed by atoms with Gasteiger partial charge in [-0.1, -0.05) is 13.8 Å². The van der Waals surface area contributed by atoms with Crippen LogP contribution in [-0.4, -0.2) is 23.9 Å². The number of likely N-dealkylation sites (tertiary alicyclic amines) is 1. The molecule has 0 unspecified atom stereocenters. The van der Waals surface area contributed by atoms with Crippen molar-refractivity contribution in [3.63, 3.8) is 0 Å². The van der Waals surface area contributed by atoms with Crippen molar-refractivity contribution >= 4 is 29.9 Å². The maximum absolute atomic E-state index is 12.2. The van der Waals surface area contributed by atoms with Crippen LogP contribution < -0.4 is 0 Å². The number of piperidine rings is 1. The molecule has 4 heteroatoms. The average molecular weight is 269 g/mol. The van der Waals surface area contributed by atoms with Gasteiger partial charge >= 0.3 is 0 Å². The zero-order valence-electron chi connectivity index (χ0n) is 10.3. The minimum Gasteiger partial charge on any atom is -0.338 e. The maximum atomic E-state index is 12.2. The fraction of sp³-hybridized carbons (Fsp3) is 0.615. The Balaban J connectivity index is 1.95. The van der Waals surface area contributed by atoms with E-state index in [0.29, 0.717) is 0 Å². The Kier molecular flexibility index (Phi) is 4.15. The van der Waals surface area contributed by atoms with Gasteiger partial charge in [-0.25, -0.2) is 0 Å². The molecule has 17 heavy (non-hydrogen) atoms. The summed E-state index contributed by atoms with van der Waals surface area (Å²) in [7, 11) is 0. The summed E-state index contributed by atoms with van der Waals surface area (Å²) >= 11 is 5.74. The number of carbonyl (C=O) groups excluding carboxylic acids is 1. The monoisotopic (exact) mass is 269 g/mol. The second kappa shape index (κ2) is 5.44. The molecule has 0 saturated carbocycles. The molecule has 1 aliphatic heterocycles. The second-order valence-corrected chi connectivity index (χ2v) is 6.47. The number of rotatable bonds is 2. The highest BCUT2D eigenvalue weighted by atomic mass is 32.1. The van der Waals surface area contributed by atoms with Crippen LogP contribution in [0.15, 0.2) is 16.3 Å². The number of hydrogen-bond donors (Lipinski definition) is 1. The highest BCUT2D eigenvalue weighted by molar-refractivity contribution is 7.80. The van der Waals surface area contributed by atoms with Crippen molar-refractivity contribution in [2.24, 2.45) is 11.8 Å². The lowest BCUT2D eigenvalue weighted by atomic mass is 9.87. The van der Waals surface area contributed by atoms with Crippen molar-refractivity contribution in [1.82, 2.24) is 4.90 Å². The average Bonchev–Trinajstić information content (AvgIpc) is 2.75. The van der Waals surface area contributed by atoms with E-state index in [2.05, 4.69) is 26.5 Å². The van der Waals surface area contributed by atoms with Gasteiger partial charge in [0.05, 0.1) is 4.88 Å². The van der Waals surface area contributed by atoms with Gasteiger partial charge in [0.1, 0.15) is 0 Å². The topological polar surface area (TPSA) is 20.3 Å². The SMILES string of the molecule is CC(C)C1CCN(C(=O)c2cc(S)cs2)CC1. The highest BCUT2D eigenvalue weighted by Gasteiger charge is 2.25. The molecule has 2 rings (SSSR count). The van der Waals surface area contributed by atoms with Crippen LogP contribution >= 0.6 is 24.0 Å². The maximum Gasteiger partial charge on any atom is 0.263 e. The Morgan fingerprint density at radius 3 is 2.59 bits per heavy atom. The van der Waals surface area contributed by atoms with Gasteiger partial charge in [0.25, 0.3) is 5.91 Å². The molecule has 94 valence electrons. The smallest absolute Gasteiger partial charge is 0.263 e. The van der Waals surface area contributed by atoms with E-state index < -0.39 is 0 Å². The second-order valence-electron chi connectivity index (χ2n) is 5.04. The lowest BCUT2D eigenvalue weighted by Gasteiger charge is -2.33. The summed E-state index contributed by atoms with van der Waals surface area (Å²) in [6.07, 6.45) is 2.28. The molecule has 0 bridgehead atoms. The Morgan fingerprint density at radius 1 is 1.47 bits per heavy atom. The first-order chi connectivity index (χ1) is 8.08. The van der Waals surface area contributed by atoms with Crippen molar-refractivity contribution in [3.05, 3.63) is 16.3 Å². The summed E-state index contributed by atoms with van der Waals surface area (Å²) in [6.45, 7) is 6.35. The Labute approximate surface area is 112 Å². The summed E-state index contributed by atoms with van der Waals surface area (Å²) < 4.78 is 0. The van der Waals surface area contributed by atoms with Crippen molar-refractivity contribution in [2.45, 2.75) is 31.6 Å². The fourth-order valence-electron chi connectivity index (χ4n) is 2.36. The van der Waals surface area contributed by atoms with Crippen LogP contribution in [0.25, 0.3) is 0 Å². The van der Waals surface area contributed by atoms with Gasteiger partial charge in [-0.05, 0) is 30.7 Å². The molecule has 0 spiro atoms. The molecular formula is C13H19NOS2. The predicted octanol–water partition coefficient (Wildman–Crippen LogP) is 3.55. The number of hydrogen-bond acceptors (Lipinski definition) is 3. The van der Waals surface area contributed by atoms with Crippen molar-refractivity contribution in [2.75, 3.05) is 13.1 Å². The van der Waals surface area contributed by atoms with E-state index in [0.717, 1.165) is 47.5 Å². The number of carbonyl (C=O) groups is 1. The Morgan fingerprint density at radius 2 is 2.12 bits per heavy atom. The molecule has 0 atom stereocenters. The van der Waals surface area contributed by atoms with Crippen LogP contribution in [0, 0.1) is 11.8 Å². The number of amides is 1. The molecule has 0 radical (unpaired) electrons. The van der Waals surface area contributed by atoms with Gasteiger partial charge in [-0.3, -0.25) is 4.79 Å². The lowest BCUT2D eigenvalue weighted by molar-refractivity contribution is 0.0672. The third-order valence-electron chi connectivity index (χ3n) is 3.57. The van der Waals surface area contributed by atoms with E-state index in [1.165, 1.54) is 11.3 Å². The molecule has 1 aromatic rings. The van der Waals surface area contributed by atoms with Gasteiger partial charge in [0.2, 0.25) is 0 Å². The first kappa shape index (κ1) is 13.0. The van der Waals surface area contributed by atoms with Gasteiger partial charge in [0.15, 0.2) is 0 Å². The Bertz CT molecular complexity index is 392. The first-order valence-electron chi connectivity index (χ1n) is 6.14. The largest absolute Gasteiger partial charge is 0.338 e. The standard InChI is InChI=1S/C13H19NOS2/c1-9(2)10-3-5-14(6-4-10)13(15)12-7-11(16)8-17-12/h7-10,16H,3-6H2,1-2H3. The van der Waals surface area contributed by atoms with Crippen LogP contribution in [0.4, 0.5) is 0 Å². The number of nitrogens with zero attached hydrogens (tertiary/aromatic N) is 1. The summed E-state index contributed by atoms with van der Waals surface area (Å²) in [4.78, 5) is 15.9. The molecule has 1 aliphatic rings. The zero-order valence-corrected chi connectivity index (χ0v) is 12.1. The highest BCUT2D eigenvalue weighted by Crippen LogP contribution is 2.26. The zero-order chi connectivity index (χ0) is 12.4. The molecule has 2 heterocycles. The first-order valence-corrected chi connectivity index (χ1v) is 7.47. The normalized spacial score (nSPS) is 17.8. The minimum atomic E-state index is 0.178. The summed E-state index contributed by atoms with van der Waals surface area (Å²) in [5.74, 6) is 1.69.